The molecule has 0 unspecified atom stereocenters. The molecule has 5 nitrogen and oxygen atoms in total. The lowest BCUT2D eigenvalue weighted by atomic mass is 9.89. The number of carbonyl (C=O) groups excluding carboxylic acids is 2. The van der Waals surface area contributed by atoms with Gasteiger partial charge < -0.3 is 5.32 Å². The average molecular weight is 251 g/mol. The largest absolute Gasteiger partial charge is 0.325 e. The van der Waals surface area contributed by atoms with Crippen molar-refractivity contribution in [3.63, 3.8) is 0 Å². The second-order valence-electron chi connectivity index (χ2n) is 5.96. The molecule has 1 rings (SSSR count). The molecule has 0 aromatic heterocycles. The minimum atomic E-state index is -0.789. The van der Waals surface area contributed by atoms with Gasteiger partial charge in [-0.1, -0.05) is 6.42 Å². The van der Waals surface area contributed by atoms with Gasteiger partial charge in [0.25, 0.3) is 5.91 Å². The summed E-state index contributed by atoms with van der Waals surface area (Å²) in [5.41, 5.74) is -1.13. The van der Waals surface area contributed by atoms with Gasteiger partial charge in [-0.25, -0.2) is 4.79 Å². The molecule has 0 aliphatic carbocycles. The number of amides is 3. The molecule has 18 heavy (non-hydrogen) atoms. The summed E-state index contributed by atoms with van der Waals surface area (Å²) in [6, 6.07) is 1.93. The number of urea groups is 1. The molecule has 0 saturated carbocycles. The molecule has 1 N–H and O–H groups in total. The van der Waals surface area contributed by atoms with Crippen LogP contribution in [0.3, 0.4) is 0 Å². The Kier molecular flexibility index (Phi) is 4.00. The van der Waals surface area contributed by atoms with Crippen LogP contribution < -0.4 is 5.32 Å². The van der Waals surface area contributed by atoms with E-state index in [0.29, 0.717) is 6.54 Å². The number of imide groups is 1. The number of hydrogen-bond acceptors (Lipinski definition) is 3. The van der Waals surface area contributed by atoms with Crippen LogP contribution in [0.1, 0.15) is 47.0 Å². The number of nitriles is 1. The van der Waals surface area contributed by atoms with Crippen molar-refractivity contribution in [1.29, 1.82) is 5.26 Å². The first-order chi connectivity index (χ1) is 8.19. The standard InChI is InChI=1S/C13H21N3O2/c1-12(2,9-14)7-5-6-8-16-10(17)13(3,4)15-11(16)18/h5-8H2,1-4H3,(H,15,18). The van der Waals surface area contributed by atoms with Crippen molar-refractivity contribution in [1.82, 2.24) is 10.2 Å². The highest BCUT2D eigenvalue weighted by molar-refractivity contribution is 6.06. The second kappa shape index (κ2) is 4.97. The van der Waals surface area contributed by atoms with Crippen molar-refractivity contribution in [3.8, 4) is 6.07 Å². The van der Waals surface area contributed by atoms with Gasteiger partial charge in [-0.05, 0) is 40.5 Å². The summed E-state index contributed by atoms with van der Waals surface area (Å²) in [6.07, 6.45) is 2.34. The van der Waals surface area contributed by atoms with Gasteiger partial charge in [-0.2, -0.15) is 5.26 Å². The molecular formula is C13H21N3O2. The quantitative estimate of drug-likeness (QED) is 0.600. The zero-order valence-electron chi connectivity index (χ0n) is 11.5. The first-order valence-electron chi connectivity index (χ1n) is 6.25. The maximum atomic E-state index is 11.9. The zero-order chi connectivity index (χ0) is 14.0. The van der Waals surface area contributed by atoms with Crippen molar-refractivity contribution in [2.45, 2.75) is 52.5 Å². The lowest BCUT2D eigenvalue weighted by Crippen LogP contribution is -2.40. The lowest BCUT2D eigenvalue weighted by Gasteiger charge is -2.17. The molecule has 3 amide bonds. The highest BCUT2D eigenvalue weighted by Gasteiger charge is 2.43. The van der Waals surface area contributed by atoms with Gasteiger partial charge in [0.1, 0.15) is 5.54 Å². The fourth-order valence-electron chi connectivity index (χ4n) is 1.91. The number of nitrogens with one attached hydrogen (secondary N) is 1. The third kappa shape index (κ3) is 3.22. The van der Waals surface area contributed by atoms with E-state index >= 15 is 0 Å². The predicted molar refractivity (Wildman–Crippen MR) is 67.6 cm³/mol. The van der Waals surface area contributed by atoms with Gasteiger partial charge in [-0.3, -0.25) is 9.69 Å². The maximum Gasteiger partial charge on any atom is 0.325 e. The molecule has 1 fully saturated rings. The number of hydrogen-bond donors (Lipinski definition) is 1. The Labute approximate surface area is 108 Å². The molecule has 0 radical (unpaired) electrons. The normalized spacial score (nSPS) is 18.7. The Morgan fingerprint density at radius 3 is 2.39 bits per heavy atom. The van der Waals surface area contributed by atoms with Gasteiger partial charge in [0.15, 0.2) is 0 Å². The highest BCUT2D eigenvalue weighted by atomic mass is 16.2. The molecule has 100 valence electrons. The van der Waals surface area contributed by atoms with Crippen LogP contribution >= 0.6 is 0 Å². The van der Waals surface area contributed by atoms with Crippen LogP contribution in [0.15, 0.2) is 0 Å². The third-order valence-electron chi connectivity index (χ3n) is 3.18. The molecule has 1 heterocycles. The van der Waals surface area contributed by atoms with Crippen LogP contribution in [0.5, 0.6) is 0 Å². The molecular weight excluding hydrogens is 230 g/mol. The zero-order valence-corrected chi connectivity index (χ0v) is 11.5. The molecule has 5 heteroatoms. The fourth-order valence-corrected chi connectivity index (χ4v) is 1.91. The minimum Gasteiger partial charge on any atom is -0.324 e. The van der Waals surface area contributed by atoms with E-state index in [1.165, 1.54) is 4.90 Å². The number of nitrogens with zero attached hydrogens (tertiary/aromatic N) is 2. The smallest absolute Gasteiger partial charge is 0.324 e. The Morgan fingerprint density at radius 1 is 1.33 bits per heavy atom. The molecule has 0 aromatic rings. The Hall–Kier alpha value is -1.57. The van der Waals surface area contributed by atoms with Crippen LogP contribution in [-0.4, -0.2) is 28.9 Å². The Bertz CT molecular complexity index is 394. The van der Waals surface area contributed by atoms with Crippen molar-refractivity contribution >= 4 is 11.9 Å². The molecule has 1 aliphatic heterocycles. The van der Waals surface area contributed by atoms with Crippen molar-refractivity contribution in [2.24, 2.45) is 5.41 Å². The maximum absolute atomic E-state index is 11.9. The van der Waals surface area contributed by atoms with E-state index in [1.54, 1.807) is 13.8 Å². The third-order valence-corrected chi connectivity index (χ3v) is 3.18. The first kappa shape index (κ1) is 14.5. The number of carbonyl (C=O) groups is 2. The number of unbranched alkanes of at least 4 members (excludes halogenated alkanes) is 1. The van der Waals surface area contributed by atoms with Crippen LogP contribution in [0.4, 0.5) is 4.79 Å². The van der Waals surface area contributed by atoms with Crippen molar-refractivity contribution < 1.29 is 9.59 Å². The van der Waals surface area contributed by atoms with Crippen LogP contribution in [-0.2, 0) is 4.79 Å². The van der Waals surface area contributed by atoms with E-state index in [2.05, 4.69) is 11.4 Å². The summed E-state index contributed by atoms with van der Waals surface area (Å²) < 4.78 is 0. The Morgan fingerprint density at radius 2 is 1.94 bits per heavy atom. The number of rotatable bonds is 5. The van der Waals surface area contributed by atoms with Crippen LogP contribution in [0.25, 0.3) is 0 Å². The van der Waals surface area contributed by atoms with Gasteiger partial charge in [0.05, 0.1) is 11.5 Å². The van der Waals surface area contributed by atoms with E-state index in [1.807, 2.05) is 13.8 Å². The SMILES string of the molecule is CC(C)(C#N)CCCCN1C(=O)NC(C)(C)C1=O. The van der Waals surface area contributed by atoms with Gasteiger partial charge in [-0.15, -0.1) is 0 Å². The summed E-state index contributed by atoms with van der Waals surface area (Å²) in [5, 5.41) is 11.5. The van der Waals surface area contributed by atoms with Crippen LogP contribution in [0, 0.1) is 16.7 Å². The van der Waals surface area contributed by atoms with Crippen molar-refractivity contribution in [3.05, 3.63) is 0 Å². The van der Waals surface area contributed by atoms with E-state index in [0.717, 1.165) is 19.3 Å². The molecule has 0 atom stereocenters. The second-order valence-corrected chi connectivity index (χ2v) is 5.96. The molecule has 0 aromatic carbocycles. The first-order valence-corrected chi connectivity index (χ1v) is 6.25. The lowest BCUT2D eigenvalue weighted by molar-refractivity contribution is -0.130. The topological polar surface area (TPSA) is 73.2 Å². The van der Waals surface area contributed by atoms with Gasteiger partial charge in [0, 0.05) is 6.54 Å². The minimum absolute atomic E-state index is 0.174. The van der Waals surface area contributed by atoms with E-state index in [9.17, 15) is 9.59 Å². The highest BCUT2D eigenvalue weighted by Crippen LogP contribution is 2.22. The predicted octanol–water partition coefficient (Wildman–Crippen LogP) is 2.04. The van der Waals surface area contributed by atoms with Crippen molar-refractivity contribution in [2.75, 3.05) is 6.54 Å². The fraction of sp³-hybridized carbons (Fsp3) is 0.769. The molecule has 1 saturated heterocycles. The van der Waals surface area contributed by atoms with E-state index in [-0.39, 0.29) is 17.4 Å². The molecule has 0 spiro atoms. The van der Waals surface area contributed by atoms with Gasteiger partial charge in [0.2, 0.25) is 0 Å². The van der Waals surface area contributed by atoms with E-state index in [4.69, 9.17) is 5.26 Å². The summed E-state index contributed by atoms with van der Waals surface area (Å²) in [6.45, 7) is 7.61. The van der Waals surface area contributed by atoms with E-state index < -0.39 is 5.54 Å². The summed E-state index contributed by atoms with van der Waals surface area (Å²) >= 11 is 0. The summed E-state index contributed by atoms with van der Waals surface area (Å²) in [5.74, 6) is -0.174. The van der Waals surface area contributed by atoms with Gasteiger partial charge >= 0.3 is 6.03 Å². The Balaban J connectivity index is 2.40. The molecule has 1 aliphatic rings. The monoisotopic (exact) mass is 251 g/mol. The summed E-state index contributed by atoms with van der Waals surface area (Å²) in [4.78, 5) is 24.7. The average Bonchev–Trinajstić information content (AvgIpc) is 2.45. The van der Waals surface area contributed by atoms with Crippen LogP contribution in [0.2, 0.25) is 0 Å². The molecule has 0 bridgehead atoms. The summed E-state index contributed by atoms with van der Waals surface area (Å²) in [7, 11) is 0.